The minimum Gasteiger partial charge on any atom is -0.352 e. The molecule has 0 unspecified atom stereocenters. The van der Waals surface area contributed by atoms with Crippen LogP contribution >= 0.6 is 11.6 Å². The van der Waals surface area contributed by atoms with Gasteiger partial charge in [0.25, 0.3) is 0 Å². The number of fused-ring (bicyclic) bond motifs is 1. The quantitative estimate of drug-likeness (QED) is 0.780. The molecule has 0 bridgehead atoms. The van der Waals surface area contributed by atoms with E-state index in [-0.39, 0.29) is 11.8 Å². The summed E-state index contributed by atoms with van der Waals surface area (Å²) in [5, 5.41) is 9.09. The molecular formula is C18H21ClN4O2S. The summed E-state index contributed by atoms with van der Waals surface area (Å²) < 4.78 is 26.9. The Kier molecular flexibility index (Phi) is 4.62. The van der Waals surface area contributed by atoms with Gasteiger partial charge in [-0.3, -0.25) is 0 Å². The van der Waals surface area contributed by atoms with Gasteiger partial charge < -0.3 is 4.90 Å². The first kappa shape index (κ1) is 17.7. The number of rotatable bonds is 5. The molecule has 0 radical (unpaired) electrons. The minimum atomic E-state index is -3.42. The number of aromatic nitrogens is 2. The lowest BCUT2D eigenvalue weighted by molar-refractivity contribution is 0.308. The first-order valence-electron chi connectivity index (χ1n) is 8.73. The zero-order valence-corrected chi connectivity index (χ0v) is 16.2. The number of halogens is 1. The highest BCUT2D eigenvalue weighted by atomic mass is 35.5. The van der Waals surface area contributed by atoms with Crippen LogP contribution < -0.4 is 4.90 Å². The van der Waals surface area contributed by atoms with Crippen molar-refractivity contribution in [3.63, 3.8) is 0 Å². The van der Waals surface area contributed by atoms with Crippen molar-refractivity contribution in [2.45, 2.75) is 31.1 Å². The zero-order valence-electron chi connectivity index (χ0n) is 14.6. The molecule has 1 aromatic carbocycles. The predicted molar refractivity (Wildman–Crippen MR) is 102 cm³/mol. The fraction of sp³-hybridized carbons (Fsp3) is 0.444. The lowest BCUT2D eigenvalue weighted by atomic mass is 10.1. The van der Waals surface area contributed by atoms with Crippen molar-refractivity contribution in [3.8, 4) is 0 Å². The molecule has 0 amide bonds. The Morgan fingerprint density at radius 3 is 2.77 bits per heavy atom. The van der Waals surface area contributed by atoms with Crippen LogP contribution in [-0.4, -0.2) is 49.1 Å². The second kappa shape index (κ2) is 6.79. The van der Waals surface area contributed by atoms with Crippen molar-refractivity contribution in [1.29, 1.82) is 0 Å². The summed E-state index contributed by atoms with van der Waals surface area (Å²) >= 11 is 6.11. The van der Waals surface area contributed by atoms with Gasteiger partial charge >= 0.3 is 0 Å². The normalized spacial score (nSPS) is 17.4. The highest BCUT2D eigenvalue weighted by Gasteiger charge is 2.37. The molecule has 0 saturated carbocycles. The molecule has 0 N–H and O–H groups in total. The van der Waals surface area contributed by atoms with Crippen molar-refractivity contribution in [1.82, 2.24) is 14.5 Å². The third-order valence-corrected chi connectivity index (χ3v) is 7.46. The minimum absolute atomic E-state index is 0.0578. The van der Waals surface area contributed by atoms with Gasteiger partial charge in [0.2, 0.25) is 10.0 Å². The number of anilines is 1. The van der Waals surface area contributed by atoms with E-state index >= 15 is 0 Å². The fourth-order valence-electron chi connectivity index (χ4n) is 3.48. The van der Waals surface area contributed by atoms with E-state index in [0.29, 0.717) is 23.7 Å². The van der Waals surface area contributed by atoms with Crippen LogP contribution in [0.15, 0.2) is 30.3 Å². The van der Waals surface area contributed by atoms with Crippen LogP contribution in [-0.2, 0) is 28.6 Å². The third kappa shape index (κ3) is 3.31. The molecule has 2 aromatic rings. The second-order valence-electron chi connectivity index (χ2n) is 6.95. The molecule has 1 fully saturated rings. The Bertz CT molecular complexity index is 929. The van der Waals surface area contributed by atoms with E-state index in [4.69, 9.17) is 11.6 Å². The smallest absolute Gasteiger partial charge is 0.218 e. The fourth-order valence-corrected chi connectivity index (χ4v) is 5.20. The van der Waals surface area contributed by atoms with Crippen LogP contribution in [0.25, 0.3) is 0 Å². The Hall–Kier alpha value is -1.70. The maximum Gasteiger partial charge on any atom is 0.218 e. The van der Waals surface area contributed by atoms with E-state index in [1.54, 1.807) is 31.3 Å². The first-order chi connectivity index (χ1) is 12.4. The SMILES string of the molecule is CN(C1CN(c2cc3c(nn2)CCC3)C1)S(=O)(=O)Cc1ccccc1Cl. The van der Waals surface area contributed by atoms with Crippen LogP contribution in [0, 0.1) is 0 Å². The van der Waals surface area contributed by atoms with Crippen molar-refractivity contribution in [3.05, 3.63) is 52.2 Å². The summed E-state index contributed by atoms with van der Waals surface area (Å²) in [5.74, 6) is 0.761. The summed E-state index contributed by atoms with van der Waals surface area (Å²) in [5.41, 5.74) is 3.00. The van der Waals surface area contributed by atoms with Gasteiger partial charge in [0.1, 0.15) is 0 Å². The molecular weight excluding hydrogens is 372 g/mol. The predicted octanol–water partition coefficient (Wildman–Crippen LogP) is 2.27. The Morgan fingerprint density at radius 2 is 2.00 bits per heavy atom. The van der Waals surface area contributed by atoms with Crippen LogP contribution in [0.3, 0.4) is 0 Å². The molecule has 8 heteroatoms. The molecule has 4 rings (SSSR count). The van der Waals surface area contributed by atoms with Gasteiger partial charge in [-0.1, -0.05) is 29.8 Å². The van der Waals surface area contributed by atoms with Crippen molar-refractivity contribution in [2.75, 3.05) is 25.0 Å². The maximum atomic E-state index is 12.7. The molecule has 1 aliphatic carbocycles. The van der Waals surface area contributed by atoms with E-state index in [2.05, 4.69) is 21.2 Å². The standard InChI is InChI=1S/C18H21ClN4O2S/c1-22(26(24,25)12-14-5-2-3-7-16(14)19)15-10-23(11-15)18-9-13-6-4-8-17(13)20-21-18/h2-3,5,7,9,15H,4,6,8,10-12H2,1H3. The lowest BCUT2D eigenvalue weighted by Gasteiger charge is -2.43. The van der Waals surface area contributed by atoms with Gasteiger partial charge in [0.15, 0.2) is 5.82 Å². The Morgan fingerprint density at radius 1 is 1.23 bits per heavy atom. The van der Waals surface area contributed by atoms with E-state index in [1.165, 1.54) is 9.87 Å². The van der Waals surface area contributed by atoms with E-state index in [0.717, 1.165) is 30.8 Å². The second-order valence-corrected chi connectivity index (χ2v) is 9.39. The van der Waals surface area contributed by atoms with Crippen LogP contribution in [0.1, 0.15) is 23.2 Å². The van der Waals surface area contributed by atoms with Gasteiger partial charge in [-0.25, -0.2) is 8.42 Å². The summed E-state index contributed by atoms with van der Waals surface area (Å²) in [7, 11) is -1.78. The van der Waals surface area contributed by atoms with Gasteiger partial charge in [0.05, 0.1) is 17.5 Å². The summed E-state index contributed by atoms with van der Waals surface area (Å²) in [6.45, 7) is 1.26. The summed E-state index contributed by atoms with van der Waals surface area (Å²) in [4.78, 5) is 2.08. The van der Waals surface area contributed by atoms with Crippen molar-refractivity contribution < 1.29 is 8.42 Å². The largest absolute Gasteiger partial charge is 0.352 e. The molecule has 1 aliphatic heterocycles. The van der Waals surface area contributed by atoms with Gasteiger partial charge in [-0.15, -0.1) is 5.10 Å². The van der Waals surface area contributed by atoms with E-state index in [1.807, 2.05) is 0 Å². The number of nitrogens with zero attached hydrogens (tertiary/aromatic N) is 4. The molecule has 0 spiro atoms. The lowest BCUT2D eigenvalue weighted by Crippen LogP contribution is -2.60. The van der Waals surface area contributed by atoms with Gasteiger partial charge in [-0.05, 0) is 42.5 Å². The van der Waals surface area contributed by atoms with E-state index in [9.17, 15) is 8.42 Å². The van der Waals surface area contributed by atoms with Gasteiger partial charge in [0, 0.05) is 25.2 Å². The van der Waals surface area contributed by atoms with Gasteiger partial charge in [-0.2, -0.15) is 9.40 Å². The maximum absolute atomic E-state index is 12.7. The third-order valence-electron chi connectivity index (χ3n) is 5.24. The number of hydrogen-bond donors (Lipinski definition) is 0. The Balaban J connectivity index is 1.41. The number of hydrogen-bond acceptors (Lipinski definition) is 5. The summed E-state index contributed by atoms with van der Waals surface area (Å²) in [6.07, 6.45) is 3.20. The van der Waals surface area contributed by atoms with Crippen LogP contribution in [0.2, 0.25) is 5.02 Å². The molecule has 2 heterocycles. The van der Waals surface area contributed by atoms with E-state index < -0.39 is 10.0 Å². The average Bonchev–Trinajstić information content (AvgIpc) is 3.03. The molecule has 6 nitrogen and oxygen atoms in total. The molecule has 1 aromatic heterocycles. The van der Waals surface area contributed by atoms with Crippen LogP contribution in [0.4, 0.5) is 5.82 Å². The number of aryl methyl sites for hydroxylation is 2. The highest BCUT2D eigenvalue weighted by molar-refractivity contribution is 7.88. The first-order valence-corrected chi connectivity index (χ1v) is 10.7. The summed E-state index contributed by atoms with van der Waals surface area (Å²) in [6, 6.07) is 9.10. The average molecular weight is 393 g/mol. The molecule has 138 valence electrons. The number of benzene rings is 1. The zero-order chi connectivity index (χ0) is 18.3. The van der Waals surface area contributed by atoms with Crippen molar-refractivity contribution >= 4 is 27.4 Å². The molecule has 1 saturated heterocycles. The molecule has 2 aliphatic rings. The van der Waals surface area contributed by atoms with Crippen LogP contribution in [0.5, 0.6) is 0 Å². The highest BCUT2D eigenvalue weighted by Crippen LogP contribution is 2.28. The number of likely N-dealkylation sites (N-methyl/N-ethyl adjacent to an activating group) is 1. The topological polar surface area (TPSA) is 66.4 Å². The number of sulfonamides is 1. The molecule has 0 atom stereocenters. The molecule has 26 heavy (non-hydrogen) atoms. The monoisotopic (exact) mass is 392 g/mol. The Labute approximate surface area is 158 Å². The van der Waals surface area contributed by atoms with Crippen molar-refractivity contribution in [2.24, 2.45) is 0 Å².